The molecule has 0 radical (unpaired) electrons. The Kier molecular flexibility index (Phi) is 4.26. The number of anilines is 2. The number of benzene rings is 2. The van der Waals surface area contributed by atoms with Crippen LogP contribution >= 0.6 is 0 Å². The molecule has 28 heavy (non-hydrogen) atoms. The average molecular weight is 379 g/mol. The number of fused-ring (bicyclic) bond motifs is 1. The third-order valence-corrected chi connectivity index (χ3v) is 4.67. The van der Waals surface area contributed by atoms with Gasteiger partial charge in [-0.3, -0.25) is 24.8 Å². The summed E-state index contributed by atoms with van der Waals surface area (Å²) in [6.07, 6.45) is 1.80. The maximum Gasteiger partial charge on any atom is 0.276 e. The van der Waals surface area contributed by atoms with Gasteiger partial charge < -0.3 is 10.6 Å². The Bertz CT molecular complexity index is 1120. The van der Waals surface area contributed by atoms with Crippen LogP contribution in [0.1, 0.15) is 28.9 Å². The summed E-state index contributed by atoms with van der Waals surface area (Å²) < 4.78 is 0. The first kappa shape index (κ1) is 17.7. The normalized spacial score (nSPS) is 13.3. The lowest BCUT2D eigenvalue weighted by atomic mass is 10.1. The first-order valence-electron chi connectivity index (χ1n) is 8.78. The van der Waals surface area contributed by atoms with Gasteiger partial charge in [0.05, 0.1) is 10.4 Å². The van der Waals surface area contributed by atoms with Gasteiger partial charge in [0, 0.05) is 34.8 Å². The van der Waals surface area contributed by atoms with Gasteiger partial charge in [-0.15, -0.1) is 0 Å². The fourth-order valence-electron chi connectivity index (χ4n) is 2.89. The van der Waals surface area contributed by atoms with Gasteiger partial charge in [-0.1, -0.05) is 6.07 Å². The lowest BCUT2D eigenvalue weighted by Gasteiger charge is -2.11. The zero-order chi connectivity index (χ0) is 19.8. The van der Waals surface area contributed by atoms with E-state index >= 15 is 0 Å². The SMILES string of the molecule is Cc1ccc(NC(=O)C2CC2)cc1NC(=O)c1n[nH]c2ccc([N+](=O)[O-])cc12. The van der Waals surface area contributed by atoms with Crippen molar-refractivity contribution < 1.29 is 14.5 Å². The van der Waals surface area contributed by atoms with Crippen molar-refractivity contribution in [2.45, 2.75) is 19.8 Å². The second-order valence-corrected chi connectivity index (χ2v) is 6.81. The summed E-state index contributed by atoms with van der Waals surface area (Å²) in [6, 6.07) is 9.43. The number of nitrogens with zero attached hydrogens (tertiary/aromatic N) is 2. The van der Waals surface area contributed by atoms with E-state index in [0.29, 0.717) is 22.3 Å². The fourth-order valence-corrected chi connectivity index (χ4v) is 2.89. The van der Waals surface area contributed by atoms with Crippen molar-refractivity contribution in [1.29, 1.82) is 0 Å². The number of carbonyl (C=O) groups excluding carboxylic acids is 2. The molecule has 0 saturated heterocycles. The first-order valence-corrected chi connectivity index (χ1v) is 8.78. The predicted octanol–water partition coefficient (Wildman–Crippen LogP) is 3.38. The van der Waals surface area contributed by atoms with E-state index in [4.69, 9.17) is 0 Å². The number of aromatic nitrogens is 2. The maximum atomic E-state index is 12.7. The van der Waals surface area contributed by atoms with Gasteiger partial charge in [0.25, 0.3) is 11.6 Å². The molecule has 0 bridgehead atoms. The lowest BCUT2D eigenvalue weighted by molar-refractivity contribution is -0.384. The molecule has 1 aromatic heterocycles. The molecule has 0 aliphatic heterocycles. The summed E-state index contributed by atoms with van der Waals surface area (Å²) in [4.78, 5) is 35.1. The molecule has 2 aromatic carbocycles. The molecule has 4 rings (SSSR count). The highest BCUT2D eigenvalue weighted by atomic mass is 16.6. The summed E-state index contributed by atoms with van der Waals surface area (Å²) in [5.41, 5.74) is 2.40. The minimum Gasteiger partial charge on any atom is -0.326 e. The van der Waals surface area contributed by atoms with Crippen LogP contribution in [-0.2, 0) is 4.79 Å². The molecule has 142 valence electrons. The second-order valence-electron chi connectivity index (χ2n) is 6.81. The molecule has 0 spiro atoms. The van der Waals surface area contributed by atoms with Crippen LogP contribution in [0.25, 0.3) is 10.9 Å². The highest BCUT2D eigenvalue weighted by Gasteiger charge is 2.29. The number of nitro groups is 1. The first-order chi connectivity index (χ1) is 13.4. The van der Waals surface area contributed by atoms with Crippen LogP contribution in [0, 0.1) is 23.0 Å². The Hall–Kier alpha value is -3.75. The smallest absolute Gasteiger partial charge is 0.276 e. The molecule has 1 saturated carbocycles. The molecular weight excluding hydrogens is 362 g/mol. The van der Waals surface area contributed by atoms with Crippen molar-refractivity contribution >= 4 is 39.8 Å². The third kappa shape index (κ3) is 3.41. The minimum absolute atomic E-state index is 0.0215. The predicted molar refractivity (Wildman–Crippen MR) is 103 cm³/mol. The minimum atomic E-state index is -0.524. The molecule has 0 unspecified atom stereocenters. The largest absolute Gasteiger partial charge is 0.326 e. The van der Waals surface area contributed by atoms with Crippen molar-refractivity contribution in [3.63, 3.8) is 0 Å². The van der Waals surface area contributed by atoms with E-state index in [2.05, 4.69) is 20.8 Å². The molecule has 2 amide bonds. The summed E-state index contributed by atoms with van der Waals surface area (Å²) >= 11 is 0. The topological polar surface area (TPSA) is 130 Å². The number of nitrogens with one attached hydrogen (secondary N) is 3. The second kappa shape index (κ2) is 6.76. The standard InChI is InChI=1S/C19H17N5O4/c1-10-2-5-12(20-18(25)11-3-4-11)8-16(10)21-19(26)17-14-9-13(24(27)28)6-7-15(14)22-23-17/h2,5-9,11H,3-4H2,1H3,(H,20,25)(H,21,26)(H,22,23). The number of rotatable bonds is 5. The molecule has 1 fully saturated rings. The summed E-state index contributed by atoms with van der Waals surface area (Å²) in [7, 11) is 0. The molecule has 0 atom stereocenters. The van der Waals surface area contributed by atoms with Crippen LogP contribution in [0.3, 0.4) is 0 Å². The number of carbonyl (C=O) groups is 2. The summed E-state index contributed by atoms with van der Waals surface area (Å²) in [5, 5.41) is 23.7. The van der Waals surface area contributed by atoms with Crippen LogP contribution in [0.15, 0.2) is 36.4 Å². The number of nitro benzene ring substituents is 1. The summed E-state index contributed by atoms with van der Waals surface area (Å²) in [6.45, 7) is 1.83. The van der Waals surface area contributed by atoms with Crippen molar-refractivity contribution in [2.75, 3.05) is 10.6 Å². The summed E-state index contributed by atoms with van der Waals surface area (Å²) in [5.74, 6) is -0.446. The van der Waals surface area contributed by atoms with Crippen molar-refractivity contribution in [1.82, 2.24) is 10.2 Å². The van der Waals surface area contributed by atoms with Crippen molar-refractivity contribution in [3.05, 3.63) is 57.8 Å². The lowest BCUT2D eigenvalue weighted by Crippen LogP contribution is -2.16. The molecule has 3 N–H and O–H groups in total. The molecular formula is C19H17N5O4. The van der Waals surface area contributed by atoms with Crippen LogP contribution in [-0.4, -0.2) is 26.9 Å². The monoisotopic (exact) mass is 379 g/mol. The highest BCUT2D eigenvalue weighted by molar-refractivity contribution is 6.11. The molecule has 9 heteroatoms. The number of amides is 2. The van der Waals surface area contributed by atoms with Gasteiger partial charge >= 0.3 is 0 Å². The molecule has 9 nitrogen and oxygen atoms in total. The highest BCUT2D eigenvalue weighted by Crippen LogP contribution is 2.31. The van der Waals surface area contributed by atoms with Crippen LogP contribution in [0.4, 0.5) is 17.1 Å². The third-order valence-electron chi connectivity index (χ3n) is 4.67. The molecule has 1 aliphatic carbocycles. The molecule has 1 aliphatic rings. The van der Waals surface area contributed by atoms with Gasteiger partial charge in [0.15, 0.2) is 5.69 Å². The number of aryl methyl sites for hydroxylation is 1. The van der Waals surface area contributed by atoms with Crippen LogP contribution in [0.2, 0.25) is 0 Å². The molecule has 3 aromatic rings. The van der Waals surface area contributed by atoms with Gasteiger partial charge in [0.1, 0.15) is 0 Å². The van der Waals surface area contributed by atoms with E-state index in [1.807, 2.05) is 6.92 Å². The van der Waals surface area contributed by atoms with Crippen LogP contribution in [0.5, 0.6) is 0 Å². The van der Waals surface area contributed by atoms with E-state index in [0.717, 1.165) is 18.4 Å². The number of non-ortho nitro benzene ring substituents is 1. The molecule has 1 heterocycles. The van der Waals surface area contributed by atoms with E-state index in [9.17, 15) is 19.7 Å². The van der Waals surface area contributed by atoms with E-state index in [1.165, 1.54) is 18.2 Å². The Balaban J connectivity index is 1.59. The number of aromatic amines is 1. The van der Waals surface area contributed by atoms with E-state index < -0.39 is 10.8 Å². The maximum absolute atomic E-state index is 12.7. The van der Waals surface area contributed by atoms with Gasteiger partial charge in [-0.2, -0.15) is 5.10 Å². The Labute approximate surface area is 159 Å². The van der Waals surface area contributed by atoms with Gasteiger partial charge in [-0.25, -0.2) is 0 Å². The zero-order valence-electron chi connectivity index (χ0n) is 15.0. The number of hydrogen-bond donors (Lipinski definition) is 3. The quantitative estimate of drug-likeness (QED) is 0.462. The van der Waals surface area contributed by atoms with Crippen molar-refractivity contribution in [3.8, 4) is 0 Å². The van der Waals surface area contributed by atoms with E-state index in [-0.39, 0.29) is 23.2 Å². The average Bonchev–Trinajstić information content (AvgIpc) is 3.43. The Morgan fingerprint density at radius 1 is 1.18 bits per heavy atom. The van der Waals surface area contributed by atoms with Crippen LogP contribution < -0.4 is 10.6 Å². The number of H-pyrrole nitrogens is 1. The zero-order valence-corrected chi connectivity index (χ0v) is 15.0. The van der Waals surface area contributed by atoms with E-state index in [1.54, 1.807) is 18.2 Å². The Morgan fingerprint density at radius 3 is 2.68 bits per heavy atom. The Morgan fingerprint density at radius 2 is 1.96 bits per heavy atom. The van der Waals surface area contributed by atoms with Crippen molar-refractivity contribution in [2.24, 2.45) is 5.92 Å². The van der Waals surface area contributed by atoms with Gasteiger partial charge in [-0.05, 0) is 43.5 Å². The van der Waals surface area contributed by atoms with Gasteiger partial charge in [0.2, 0.25) is 5.91 Å². The number of hydrogen-bond acceptors (Lipinski definition) is 5. The fraction of sp³-hybridized carbons (Fsp3) is 0.211.